The van der Waals surface area contributed by atoms with Crippen LogP contribution in [0.25, 0.3) is 0 Å². The molecule has 1 aromatic heterocycles. The van der Waals surface area contributed by atoms with Crippen LogP contribution in [-0.2, 0) is 17.6 Å². The topological polar surface area (TPSA) is 72.2 Å². The van der Waals surface area contributed by atoms with Crippen LogP contribution in [0.1, 0.15) is 27.2 Å². The van der Waals surface area contributed by atoms with Gasteiger partial charge in [-0.2, -0.15) is 0 Å². The average Bonchev–Trinajstić information content (AvgIpc) is 2.76. The van der Waals surface area contributed by atoms with Crippen LogP contribution in [0.2, 0.25) is 5.02 Å². The molecule has 108 valence electrons. The SMILES string of the molecule is Nc1sc2c(c1C(=O)Nc1ccc(Cl)cc1)CCC(=O)C2. The summed E-state index contributed by atoms with van der Waals surface area (Å²) < 4.78 is 0. The predicted molar refractivity (Wildman–Crippen MR) is 85.2 cm³/mol. The Bertz CT molecular complexity index is 722. The summed E-state index contributed by atoms with van der Waals surface area (Å²) >= 11 is 7.16. The van der Waals surface area contributed by atoms with Crippen molar-refractivity contribution in [2.75, 3.05) is 11.1 Å². The van der Waals surface area contributed by atoms with E-state index in [0.717, 1.165) is 10.4 Å². The Balaban J connectivity index is 1.88. The van der Waals surface area contributed by atoms with E-state index in [4.69, 9.17) is 17.3 Å². The Kier molecular flexibility index (Phi) is 3.69. The molecular formula is C15H13ClN2O2S. The van der Waals surface area contributed by atoms with E-state index >= 15 is 0 Å². The number of fused-ring (bicyclic) bond motifs is 1. The Morgan fingerprint density at radius 3 is 2.67 bits per heavy atom. The number of carbonyl (C=O) groups excluding carboxylic acids is 2. The summed E-state index contributed by atoms with van der Waals surface area (Å²) in [6.07, 6.45) is 1.45. The molecule has 0 spiro atoms. The minimum Gasteiger partial charge on any atom is -0.390 e. The van der Waals surface area contributed by atoms with Gasteiger partial charge in [0.15, 0.2) is 0 Å². The fraction of sp³-hybridized carbons (Fsp3) is 0.200. The van der Waals surface area contributed by atoms with Gasteiger partial charge in [0.05, 0.1) is 10.6 Å². The van der Waals surface area contributed by atoms with E-state index in [-0.39, 0.29) is 11.7 Å². The highest BCUT2D eigenvalue weighted by Crippen LogP contribution is 2.35. The molecule has 0 radical (unpaired) electrons. The van der Waals surface area contributed by atoms with E-state index in [0.29, 0.717) is 40.5 Å². The minimum atomic E-state index is -0.235. The molecule has 6 heteroatoms. The molecule has 1 aliphatic carbocycles. The number of ketones is 1. The molecule has 0 fully saturated rings. The molecule has 0 bridgehead atoms. The summed E-state index contributed by atoms with van der Waals surface area (Å²) in [6.45, 7) is 0. The first kappa shape index (κ1) is 14.1. The van der Waals surface area contributed by atoms with E-state index in [1.54, 1.807) is 24.3 Å². The molecule has 1 heterocycles. The first-order valence-electron chi connectivity index (χ1n) is 6.53. The molecule has 4 nitrogen and oxygen atoms in total. The zero-order valence-corrected chi connectivity index (χ0v) is 12.7. The van der Waals surface area contributed by atoms with Gasteiger partial charge < -0.3 is 11.1 Å². The maximum absolute atomic E-state index is 12.4. The highest BCUT2D eigenvalue weighted by molar-refractivity contribution is 7.16. The second-order valence-electron chi connectivity index (χ2n) is 4.92. The molecule has 21 heavy (non-hydrogen) atoms. The number of hydrogen-bond donors (Lipinski definition) is 2. The molecule has 1 aromatic carbocycles. The van der Waals surface area contributed by atoms with E-state index in [1.165, 1.54) is 11.3 Å². The lowest BCUT2D eigenvalue weighted by Gasteiger charge is -2.12. The van der Waals surface area contributed by atoms with Gasteiger partial charge in [-0.3, -0.25) is 9.59 Å². The molecule has 0 atom stereocenters. The van der Waals surface area contributed by atoms with Crippen LogP contribution in [0.15, 0.2) is 24.3 Å². The zero-order chi connectivity index (χ0) is 15.0. The fourth-order valence-corrected chi connectivity index (χ4v) is 3.72. The summed E-state index contributed by atoms with van der Waals surface area (Å²) in [5, 5.41) is 3.90. The summed E-state index contributed by atoms with van der Waals surface area (Å²) in [5.41, 5.74) is 8.06. The molecule has 1 amide bonds. The van der Waals surface area contributed by atoms with Gasteiger partial charge in [-0.15, -0.1) is 11.3 Å². The highest BCUT2D eigenvalue weighted by atomic mass is 35.5. The number of hydrogen-bond acceptors (Lipinski definition) is 4. The summed E-state index contributed by atoms with van der Waals surface area (Å²) in [7, 11) is 0. The van der Waals surface area contributed by atoms with Gasteiger partial charge in [0.1, 0.15) is 5.78 Å². The van der Waals surface area contributed by atoms with E-state index in [9.17, 15) is 9.59 Å². The van der Waals surface area contributed by atoms with Gasteiger partial charge in [0, 0.05) is 28.4 Å². The maximum Gasteiger partial charge on any atom is 0.258 e. The van der Waals surface area contributed by atoms with Gasteiger partial charge in [0.25, 0.3) is 5.91 Å². The number of rotatable bonds is 2. The Morgan fingerprint density at radius 1 is 1.24 bits per heavy atom. The van der Waals surface area contributed by atoms with Crippen LogP contribution in [0.3, 0.4) is 0 Å². The van der Waals surface area contributed by atoms with Gasteiger partial charge in [-0.25, -0.2) is 0 Å². The van der Waals surface area contributed by atoms with Gasteiger partial charge in [-0.05, 0) is 36.2 Å². The Morgan fingerprint density at radius 2 is 1.95 bits per heavy atom. The van der Waals surface area contributed by atoms with E-state index in [2.05, 4.69) is 5.32 Å². The van der Waals surface area contributed by atoms with Gasteiger partial charge in [-0.1, -0.05) is 11.6 Å². The number of carbonyl (C=O) groups is 2. The number of thiophene rings is 1. The molecule has 0 saturated heterocycles. The number of nitrogens with one attached hydrogen (secondary N) is 1. The van der Waals surface area contributed by atoms with E-state index in [1.807, 2.05) is 0 Å². The van der Waals surface area contributed by atoms with Gasteiger partial charge in [0.2, 0.25) is 0 Å². The fourth-order valence-electron chi connectivity index (χ4n) is 2.45. The molecule has 3 N–H and O–H groups in total. The normalized spacial score (nSPS) is 13.9. The van der Waals surface area contributed by atoms with Crippen molar-refractivity contribution in [2.24, 2.45) is 0 Å². The van der Waals surface area contributed by atoms with Crippen LogP contribution in [0, 0.1) is 0 Å². The second kappa shape index (κ2) is 5.50. The van der Waals surface area contributed by atoms with Crippen molar-refractivity contribution < 1.29 is 9.59 Å². The lowest BCUT2D eigenvalue weighted by atomic mass is 9.94. The van der Waals surface area contributed by atoms with Crippen LogP contribution in [-0.4, -0.2) is 11.7 Å². The molecule has 1 aliphatic rings. The number of nitrogens with two attached hydrogens (primary N) is 1. The smallest absolute Gasteiger partial charge is 0.258 e. The summed E-state index contributed by atoms with van der Waals surface area (Å²) in [6, 6.07) is 6.89. The lowest BCUT2D eigenvalue weighted by Crippen LogP contribution is -2.18. The van der Waals surface area contributed by atoms with Crippen molar-refractivity contribution in [3.8, 4) is 0 Å². The number of anilines is 2. The number of Topliss-reactive ketones (excluding diaryl/α,β-unsaturated/α-hetero) is 1. The summed E-state index contributed by atoms with van der Waals surface area (Å²) in [5.74, 6) is -0.0323. The largest absolute Gasteiger partial charge is 0.390 e. The molecule has 0 unspecified atom stereocenters. The van der Waals surface area contributed by atoms with Crippen LogP contribution >= 0.6 is 22.9 Å². The third-order valence-electron chi connectivity index (χ3n) is 3.46. The van der Waals surface area contributed by atoms with Crippen molar-refractivity contribution in [2.45, 2.75) is 19.3 Å². The zero-order valence-electron chi connectivity index (χ0n) is 11.1. The molecule has 0 saturated carbocycles. The standard InChI is InChI=1S/C15H13ClN2O2S/c16-8-1-3-9(4-2-8)18-15(20)13-11-6-5-10(19)7-12(11)21-14(13)17/h1-4H,5-7,17H2,(H,18,20). The third-order valence-corrected chi connectivity index (χ3v) is 4.77. The molecule has 3 rings (SSSR count). The highest BCUT2D eigenvalue weighted by Gasteiger charge is 2.26. The molecule has 2 aromatic rings. The quantitative estimate of drug-likeness (QED) is 0.891. The predicted octanol–water partition coefficient (Wildman–Crippen LogP) is 3.29. The first-order chi connectivity index (χ1) is 10.0. The Labute approximate surface area is 130 Å². The average molecular weight is 321 g/mol. The van der Waals surface area contributed by atoms with Crippen molar-refractivity contribution in [3.05, 3.63) is 45.3 Å². The van der Waals surface area contributed by atoms with Crippen molar-refractivity contribution in [1.82, 2.24) is 0 Å². The van der Waals surface area contributed by atoms with Crippen LogP contribution in [0.5, 0.6) is 0 Å². The van der Waals surface area contributed by atoms with Crippen LogP contribution in [0.4, 0.5) is 10.7 Å². The monoisotopic (exact) mass is 320 g/mol. The van der Waals surface area contributed by atoms with Crippen molar-refractivity contribution in [3.63, 3.8) is 0 Å². The minimum absolute atomic E-state index is 0.202. The van der Waals surface area contributed by atoms with Crippen molar-refractivity contribution in [1.29, 1.82) is 0 Å². The van der Waals surface area contributed by atoms with Crippen LogP contribution < -0.4 is 11.1 Å². The number of halogens is 1. The summed E-state index contributed by atoms with van der Waals surface area (Å²) in [4.78, 5) is 24.8. The molecular weight excluding hydrogens is 308 g/mol. The lowest BCUT2D eigenvalue weighted by molar-refractivity contribution is -0.118. The number of amides is 1. The third kappa shape index (κ3) is 2.80. The van der Waals surface area contributed by atoms with E-state index < -0.39 is 0 Å². The second-order valence-corrected chi connectivity index (χ2v) is 6.49. The first-order valence-corrected chi connectivity index (χ1v) is 7.72. The van der Waals surface area contributed by atoms with Crippen molar-refractivity contribution >= 4 is 45.3 Å². The Hall–Kier alpha value is -1.85. The number of nitrogen functional groups attached to an aromatic ring is 1. The maximum atomic E-state index is 12.4. The number of benzene rings is 1. The van der Waals surface area contributed by atoms with Gasteiger partial charge >= 0.3 is 0 Å². The molecule has 0 aliphatic heterocycles.